The summed E-state index contributed by atoms with van der Waals surface area (Å²) >= 11 is 0. The first-order valence-corrected chi connectivity index (χ1v) is 13.8. The van der Waals surface area contributed by atoms with Crippen LogP contribution in [0.5, 0.6) is 0 Å². The Morgan fingerprint density at radius 1 is 1.11 bits per heavy atom. The van der Waals surface area contributed by atoms with Crippen molar-refractivity contribution in [1.29, 1.82) is 0 Å². The Morgan fingerprint density at radius 3 is 2.61 bits per heavy atom. The largest absolute Gasteiger partial charge is 0.361 e. The third-order valence-corrected chi connectivity index (χ3v) is 10.3. The van der Waals surface area contributed by atoms with E-state index in [0.29, 0.717) is 0 Å². The number of aromatic amines is 1. The first kappa shape index (κ1) is 22.5. The minimum Gasteiger partial charge on any atom is -0.361 e. The SMILES string of the molecule is CC(C)(C(=O)Nc1ncnc2c1CCN(Cc1ccc3cc[nH]c3c1)C2)C12CC3CC(CC(C3)C1)C2. The number of rotatable bonds is 5. The summed E-state index contributed by atoms with van der Waals surface area (Å²) in [6.45, 7) is 7.00. The van der Waals surface area contributed by atoms with E-state index < -0.39 is 5.41 Å². The third-order valence-electron chi connectivity index (χ3n) is 10.3. The molecule has 188 valence electrons. The van der Waals surface area contributed by atoms with Gasteiger partial charge in [0.15, 0.2) is 0 Å². The number of fused-ring (bicyclic) bond motifs is 2. The van der Waals surface area contributed by atoms with Gasteiger partial charge in [-0.1, -0.05) is 26.0 Å². The normalized spacial score (nSPS) is 29.4. The van der Waals surface area contributed by atoms with Crippen molar-refractivity contribution in [3.05, 3.63) is 53.6 Å². The van der Waals surface area contributed by atoms with Crippen molar-refractivity contribution in [3.63, 3.8) is 0 Å². The summed E-state index contributed by atoms with van der Waals surface area (Å²) in [7, 11) is 0. The van der Waals surface area contributed by atoms with Crippen LogP contribution < -0.4 is 5.32 Å². The van der Waals surface area contributed by atoms with Crippen molar-refractivity contribution in [2.45, 2.75) is 71.9 Å². The highest BCUT2D eigenvalue weighted by Crippen LogP contribution is 2.66. The van der Waals surface area contributed by atoms with Crippen molar-refractivity contribution in [1.82, 2.24) is 19.9 Å². The Hall–Kier alpha value is -2.73. The third kappa shape index (κ3) is 3.60. The van der Waals surface area contributed by atoms with E-state index in [2.05, 4.69) is 63.3 Å². The minimum absolute atomic E-state index is 0.145. The molecule has 0 atom stereocenters. The van der Waals surface area contributed by atoms with Crippen LogP contribution in [0.1, 0.15) is 69.2 Å². The summed E-state index contributed by atoms with van der Waals surface area (Å²) in [5.74, 6) is 3.37. The molecular formula is C30H37N5O. The van der Waals surface area contributed by atoms with Crippen molar-refractivity contribution < 1.29 is 4.79 Å². The number of carbonyl (C=O) groups excluding carboxylic acids is 1. The molecule has 5 aliphatic rings. The number of amides is 1. The average molecular weight is 484 g/mol. The number of hydrogen-bond donors (Lipinski definition) is 2. The van der Waals surface area contributed by atoms with E-state index in [1.807, 2.05) is 6.20 Å². The molecule has 4 aliphatic carbocycles. The number of carbonyl (C=O) groups is 1. The summed E-state index contributed by atoms with van der Waals surface area (Å²) in [5, 5.41) is 4.55. The van der Waals surface area contributed by atoms with Gasteiger partial charge in [-0.3, -0.25) is 9.69 Å². The molecule has 8 rings (SSSR count). The molecule has 6 heteroatoms. The number of hydrogen-bond acceptors (Lipinski definition) is 4. The van der Waals surface area contributed by atoms with Crippen LogP contribution in [0.4, 0.5) is 5.82 Å². The zero-order chi connectivity index (χ0) is 24.5. The van der Waals surface area contributed by atoms with Gasteiger partial charge in [0.25, 0.3) is 0 Å². The quantitative estimate of drug-likeness (QED) is 0.488. The molecule has 1 aromatic carbocycles. The summed E-state index contributed by atoms with van der Waals surface area (Å²) in [6, 6.07) is 8.74. The van der Waals surface area contributed by atoms with Gasteiger partial charge in [0.1, 0.15) is 12.1 Å². The smallest absolute Gasteiger partial charge is 0.231 e. The van der Waals surface area contributed by atoms with Crippen LogP contribution in [0, 0.1) is 28.6 Å². The molecule has 0 radical (unpaired) electrons. The molecule has 0 saturated heterocycles. The molecule has 2 aromatic heterocycles. The summed E-state index contributed by atoms with van der Waals surface area (Å²) in [5.41, 5.74) is 4.39. The standard InChI is InChI=1S/C30H37N5O/c1-29(2,30-13-20-9-21(14-30)11-22(10-20)15-30)28(36)34-27-24-6-8-35(17-26(24)32-18-33-27)16-19-3-4-23-5-7-31-25(23)12-19/h3-5,7,12,18,20-22,31H,6,8-11,13-17H2,1-2H3,(H,32,33,34,36). The Labute approximate surface area is 213 Å². The Kier molecular flexibility index (Phi) is 5.08. The monoisotopic (exact) mass is 483 g/mol. The van der Waals surface area contributed by atoms with Crippen molar-refractivity contribution in [2.75, 3.05) is 11.9 Å². The number of H-pyrrole nitrogens is 1. The average Bonchev–Trinajstić information content (AvgIpc) is 3.31. The summed E-state index contributed by atoms with van der Waals surface area (Å²) in [6.07, 6.45) is 12.3. The van der Waals surface area contributed by atoms with Gasteiger partial charge in [0.2, 0.25) is 5.91 Å². The molecule has 1 aliphatic heterocycles. The van der Waals surface area contributed by atoms with E-state index in [1.165, 1.54) is 55.0 Å². The number of benzene rings is 1. The van der Waals surface area contributed by atoms with Gasteiger partial charge >= 0.3 is 0 Å². The van der Waals surface area contributed by atoms with Gasteiger partial charge in [-0.15, -0.1) is 0 Å². The second-order valence-electron chi connectivity index (χ2n) is 12.8. The minimum atomic E-state index is -0.391. The van der Waals surface area contributed by atoms with Crippen molar-refractivity contribution in [3.8, 4) is 0 Å². The lowest BCUT2D eigenvalue weighted by Gasteiger charge is -2.61. The molecule has 4 saturated carbocycles. The number of nitrogens with zero attached hydrogens (tertiary/aromatic N) is 3. The Morgan fingerprint density at radius 2 is 1.86 bits per heavy atom. The van der Waals surface area contributed by atoms with Crippen LogP contribution in [0.3, 0.4) is 0 Å². The van der Waals surface area contributed by atoms with Gasteiger partial charge in [0, 0.05) is 42.3 Å². The van der Waals surface area contributed by atoms with E-state index in [4.69, 9.17) is 0 Å². The van der Waals surface area contributed by atoms with E-state index >= 15 is 0 Å². The molecule has 2 N–H and O–H groups in total. The second kappa shape index (κ2) is 8.14. The zero-order valence-electron chi connectivity index (χ0n) is 21.5. The molecule has 6 nitrogen and oxygen atoms in total. The molecule has 36 heavy (non-hydrogen) atoms. The Balaban J connectivity index is 1.08. The predicted molar refractivity (Wildman–Crippen MR) is 141 cm³/mol. The van der Waals surface area contributed by atoms with Crippen LogP contribution in [-0.2, 0) is 24.3 Å². The highest BCUT2D eigenvalue weighted by molar-refractivity contribution is 5.95. The molecule has 3 aromatic rings. The van der Waals surface area contributed by atoms with Crippen LogP contribution in [-0.4, -0.2) is 32.3 Å². The molecule has 1 amide bonds. The van der Waals surface area contributed by atoms with Gasteiger partial charge < -0.3 is 10.3 Å². The predicted octanol–water partition coefficient (Wildman–Crippen LogP) is 5.70. The highest BCUT2D eigenvalue weighted by atomic mass is 16.2. The maximum Gasteiger partial charge on any atom is 0.231 e. The van der Waals surface area contributed by atoms with E-state index in [9.17, 15) is 4.79 Å². The van der Waals surface area contributed by atoms with Gasteiger partial charge in [-0.2, -0.15) is 0 Å². The van der Waals surface area contributed by atoms with Crippen molar-refractivity contribution >= 4 is 22.6 Å². The van der Waals surface area contributed by atoms with Gasteiger partial charge in [0.05, 0.1) is 5.69 Å². The molecule has 0 unspecified atom stereocenters. The van der Waals surface area contributed by atoms with Crippen LogP contribution >= 0.6 is 0 Å². The fraction of sp³-hybridized carbons (Fsp3) is 0.567. The molecule has 4 fully saturated rings. The van der Waals surface area contributed by atoms with Gasteiger partial charge in [-0.05, 0) is 91.2 Å². The fourth-order valence-electron chi connectivity index (χ4n) is 8.48. The summed E-state index contributed by atoms with van der Waals surface area (Å²) in [4.78, 5) is 28.8. The first-order chi connectivity index (χ1) is 17.4. The Bertz CT molecular complexity index is 1290. The van der Waals surface area contributed by atoms with Crippen molar-refractivity contribution in [2.24, 2.45) is 28.6 Å². The highest BCUT2D eigenvalue weighted by Gasteiger charge is 2.59. The maximum atomic E-state index is 13.8. The fourth-order valence-corrected chi connectivity index (χ4v) is 8.48. The van der Waals surface area contributed by atoms with Crippen LogP contribution in [0.25, 0.3) is 10.9 Å². The van der Waals surface area contributed by atoms with Crippen LogP contribution in [0.15, 0.2) is 36.8 Å². The number of anilines is 1. The summed E-state index contributed by atoms with van der Waals surface area (Å²) < 4.78 is 0. The lowest BCUT2D eigenvalue weighted by molar-refractivity contribution is -0.151. The molecule has 3 heterocycles. The topological polar surface area (TPSA) is 73.9 Å². The number of nitrogens with one attached hydrogen (secondary N) is 2. The van der Waals surface area contributed by atoms with E-state index in [-0.39, 0.29) is 11.3 Å². The molecular weight excluding hydrogens is 446 g/mol. The van der Waals surface area contributed by atoms with Crippen LogP contribution in [0.2, 0.25) is 0 Å². The molecule has 0 spiro atoms. The lowest BCUT2D eigenvalue weighted by atomic mass is 9.43. The molecule has 4 bridgehead atoms. The lowest BCUT2D eigenvalue weighted by Crippen LogP contribution is -2.56. The zero-order valence-corrected chi connectivity index (χ0v) is 21.5. The first-order valence-electron chi connectivity index (χ1n) is 13.8. The number of aromatic nitrogens is 3. The van der Waals surface area contributed by atoms with E-state index in [1.54, 1.807) is 6.33 Å². The second-order valence-corrected chi connectivity index (χ2v) is 12.8. The van der Waals surface area contributed by atoms with Gasteiger partial charge in [-0.25, -0.2) is 9.97 Å². The van der Waals surface area contributed by atoms with E-state index in [0.717, 1.165) is 60.9 Å². The maximum absolute atomic E-state index is 13.8.